The van der Waals surface area contributed by atoms with Crippen LogP contribution in [0.25, 0.3) is 0 Å². The van der Waals surface area contributed by atoms with Crippen LogP contribution in [0.5, 0.6) is 0 Å². The fourth-order valence-electron chi connectivity index (χ4n) is 1.86. The van der Waals surface area contributed by atoms with Gasteiger partial charge in [0.15, 0.2) is 0 Å². The van der Waals surface area contributed by atoms with Crippen LogP contribution in [-0.2, 0) is 10.8 Å². The predicted molar refractivity (Wildman–Crippen MR) is 79.7 cm³/mol. The van der Waals surface area contributed by atoms with Crippen molar-refractivity contribution in [2.75, 3.05) is 6.54 Å². The summed E-state index contributed by atoms with van der Waals surface area (Å²) in [6, 6.07) is 7.68. The quantitative estimate of drug-likeness (QED) is 0.830. The van der Waals surface area contributed by atoms with E-state index in [-0.39, 0.29) is 5.25 Å². The first kappa shape index (κ1) is 15.7. The third kappa shape index (κ3) is 5.09. The van der Waals surface area contributed by atoms with Gasteiger partial charge in [-0.25, -0.2) is 0 Å². The molecule has 102 valence electrons. The van der Waals surface area contributed by atoms with Gasteiger partial charge in [0.1, 0.15) is 0 Å². The lowest BCUT2D eigenvalue weighted by Crippen LogP contribution is -2.31. The molecule has 0 radical (unpaired) electrons. The largest absolute Gasteiger partial charge is 0.314 e. The Bertz CT molecular complexity index is 380. The smallest absolute Gasteiger partial charge is 0.0558 e. The summed E-state index contributed by atoms with van der Waals surface area (Å²) in [5, 5.41) is 4.25. The zero-order valence-corrected chi connectivity index (χ0v) is 12.9. The molecule has 2 nitrogen and oxygen atoms in total. The number of hydrogen-bond acceptors (Lipinski definition) is 2. The molecule has 0 aliphatic carbocycles. The molecule has 0 aromatic heterocycles. The third-order valence-corrected chi connectivity index (χ3v) is 4.75. The van der Waals surface area contributed by atoms with Gasteiger partial charge in [-0.2, -0.15) is 0 Å². The Hall–Kier alpha value is -0.380. The van der Waals surface area contributed by atoms with Crippen molar-refractivity contribution in [3.05, 3.63) is 29.3 Å². The van der Waals surface area contributed by atoms with Crippen LogP contribution < -0.4 is 5.32 Å². The highest BCUT2D eigenvalue weighted by Gasteiger charge is 2.16. The van der Waals surface area contributed by atoms with E-state index in [1.165, 1.54) is 0 Å². The van der Waals surface area contributed by atoms with Crippen LogP contribution in [0.4, 0.5) is 0 Å². The van der Waals surface area contributed by atoms with E-state index in [0.717, 1.165) is 24.3 Å². The van der Waals surface area contributed by atoms with E-state index in [1.807, 2.05) is 19.1 Å². The molecule has 1 aromatic carbocycles. The van der Waals surface area contributed by atoms with Gasteiger partial charge in [-0.3, -0.25) is 4.21 Å². The van der Waals surface area contributed by atoms with Crippen LogP contribution in [0.1, 0.15) is 33.6 Å². The van der Waals surface area contributed by atoms with Gasteiger partial charge in [0.05, 0.1) is 10.8 Å². The molecule has 0 fully saturated rings. The first-order valence-corrected chi connectivity index (χ1v) is 8.03. The topological polar surface area (TPSA) is 29.1 Å². The monoisotopic (exact) mass is 287 g/mol. The van der Waals surface area contributed by atoms with Crippen LogP contribution in [0, 0.1) is 0 Å². The molecule has 1 aromatic rings. The molecule has 0 spiro atoms. The SMILES string of the molecule is CCCNC(C)CC(C)S(=O)c1ccc(Cl)cc1. The maximum absolute atomic E-state index is 12.3. The summed E-state index contributed by atoms with van der Waals surface area (Å²) in [5.74, 6) is 0. The van der Waals surface area contributed by atoms with Crippen molar-refractivity contribution >= 4 is 22.4 Å². The molecule has 3 atom stereocenters. The van der Waals surface area contributed by atoms with E-state index in [0.29, 0.717) is 11.1 Å². The van der Waals surface area contributed by atoms with E-state index in [2.05, 4.69) is 19.2 Å². The number of rotatable bonds is 7. The van der Waals surface area contributed by atoms with Crippen molar-refractivity contribution in [2.45, 2.75) is 49.8 Å². The summed E-state index contributed by atoms with van der Waals surface area (Å²) in [6.45, 7) is 7.34. The molecule has 0 heterocycles. The van der Waals surface area contributed by atoms with Crippen molar-refractivity contribution in [3.63, 3.8) is 0 Å². The van der Waals surface area contributed by atoms with E-state index in [9.17, 15) is 4.21 Å². The molecule has 0 amide bonds. The summed E-state index contributed by atoms with van der Waals surface area (Å²) in [6.07, 6.45) is 2.04. The van der Waals surface area contributed by atoms with Gasteiger partial charge in [0, 0.05) is 21.2 Å². The first-order chi connectivity index (χ1) is 8.54. The second-order valence-electron chi connectivity index (χ2n) is 4.65. The minimum Gasteiger partial charge on any atom is -0.314 e. The number of benzene rings is 1. The molecule has 0 saturated carbocycles. The van der Waals surface area contributed by atoms with Crippen molar-refractivity contribution in [1.82, 2.24) is 5.32 Å². The van der Waals surface area contributed by atoms with Crippen molar-refractivity contribution in [3.8, 4) is 0 Å². The predicted octanol–water partition coefficient (Wildman–Crippen LogP) is 3.61. The number of halogens is 1. The highest BCUT2D eigenvalue weighted by molar-refractivity contribution is 7.85. The third-order valence-electron chi connectivity index (χ3n) is 2.84. The molecule has 18 heavy (non-hydrogen) atoms. The second-order valence-corrected chi connectivity index (χ2v) is 6.96. The summed E-state index contributed by atoms with van der Waals surface area (Å²) in [5.41, 5.74) is 0. The molecular weight excluding hydrogens is 266 g/mol. The Morgan fingerprint density at radius 1 is 1.28 bits per heavy atom. The van der Waals surface area contributed by atoms with Gasteiger partial charge < -0.3 is 5.32 Å². The molecule has 0 saturated heterocycles. The van der Waals surface area contributed by atoms with Crippen molar-refractivity contribution < 1.29 is 4.21 Å². The molecular formula is C14H22ClNOS. The van der Waals surface area contributed by atoms with Crippen LogP contribution in [-0.4, -0.2) is 22.0 Å². The van der Waals surface area contributed by atoms with Crippen molar-refractivity contribution in [2.24, 2.45) is 0 Å². The van der Waals surface area contributed by atoms with Gasteiger partial charge in [-0.15, -0.1) is 0 Å². The molecule has 1 N–H and O–H groups in total. The summed E-state index contributed by atoms with van der Waals surface area (Å²) < 4.78 is 12.3. The number of hydrogen-bond donors (Lipinski definition) is 1. The average molecular weight is 288 g/mol. The molecule has 0 bridgehead atoms. The Morgan fingerprint density at radius 2 is 1.89 bits per heavy atom. The van der Waals surface area contributed by atoms with Gasteiger partial charge in [-0.05, 0) is 50.6 Å². The molecule has 3 unspecified atom stereocenters. The minimum atomic E-state index is -0.961. The highest BCUT2D eigenvalue weighted by Crippen LogP contribution is 2.17. The molecule has 0 aliphatic heterocycles. The minimum absolute atomic E-state index is 0.144. The number of nitrogens with one attached hydrogen (secondary N) is 1. The fourth-order valence-corrected chi connectivity index (χ4v) is 3.32. The average Bonchev–Trinajstić information content (AvgIpc) is 2.36. The van der Waals surface area contributed by atoms with Crippen molar-refractivity contribution in [1.29, 1.82) is 0 Å². The Balaban J connectivity index is 2.53. The Labute approximate surface area is 118 Å². The van der Waals surface area contributed by atoms with Crippen LogP contribution >= 0.6 is 11.6 Å². The lowest BCUT2D eigenvalue weighted by Gasteiger charge is -2.18. The lowest BCUT2D eigenvalue weighted by molar-refractivity contribution is 0.508. The molecule has 0 aliphatic rings. The summed E-state index contributed by atoms with van der Waals surface area (Å²) in [4.78, 5) is 0.856. The van der Waals surface area contributed by atoms with E-state index in [1.54, 1.807) is 12.1 Å². The van der Waals surface area contributed by atoms with Crippen LogP contribution in [0.15, 0.2) is 29.2 Å². The van der Waals surface area contributed by atoms with Gasteiger partial charge in [0.25, 0.3) is 0 Å². The molecule has 1 rings (SSSR count). The van der Waals surface area contributed by atoms with Gasteiger partial charge in [-0.1, -0.05) is 25.4 Å². The van der Waals surface area contributed by atoms with Crippen LogP contribution in [0.2, 0.25) is 5.02 Å². The summed E-state index contributed by atoms with van der Waals surface area (Å²) in [7, 11) is -0.961. The van der Waals surface area contributed by atoms with Gasteiger partial charge in [0.2, 0.25) is 0 Å². The fraction of sp³-hybridized carbons (Fsp3) is 0.571. The first-order valence-electron chi connectivity index (χ1n) is 6.44. The normalized spacial score (nSPS) is 16.2. The molecule has 4 heteroatoms. The Morgan fingerprint density at radius 3 is 2.44 bits per heavy atom. The zero-order valence-electron chi connectivity index (χ0n) is 11.3. The Kier molecular flexibility index (Phi) is 6.90. The zero-order chi connectivity index (χ0) is 13.5. The van der Waals surface area contributed by atoms with E-state index >= 15 is 0 Å². The maximum Gasteiger partial charge on any atom is 0.0558 e. The highest BCUT2D eigenvalue weighted by atomic mass is 35.5. The van der Waals surface area contributed by atoms with Crippen LogP contribution in [0.3, 0.4) is 0 Å². The standard InChI is InChI=1S/C14H22ClNOS/c1-4-9-16-11(2)10-12(3)18(17)14-7-5-13(15)6-8-14/h5-8,11-12,16H,4,9-10H2,1-3H3. The second kappa shape index (κ2) is 7.93. The maximum atomic E-state index is 12.3. The van der Waals surface area contributed by atoms with E-state index in [4.69, 9.17) is 11.6 Å². The lowest BCUT2D eigenvalue weighted by atomic mass is 10.2. The van der Waals surface area contributed by atoms with E-state index < -0.39 is 10.8 Å². The summed E-state index contributed by atoms with van der Waals surface area (Å²) >= 11 is 5.83. The van der Waals surface area contributed by atoms with Gasteiger partial charge >= 0.3 is 0 Å².